The van der Waals surface area contributed by atoms with E-state index in [9.17, 15) is 14.4 Å². The Balaban J connectivity index is 0.00000300. The van der Waals surface area contributed by atoms with Gasteiger partial charge in [-0.15, -0.1) is 12.4 Å². The van der Waals surface area contributed by atoms with Crippen molar-refractivity contribution in [3.8, 4) is 0 Å². The maximum Gasteiger partial charge on any atom is 0.330 e. The fourth-order valence-corrected chi connectivity index (χ4v) is 3.59. The second kappa shape index (κ2) is 9.89. The molecule has 2 aromatic rings. The van der Waals surface area contributed by atoms with Gasteiger partial charge in [0.15, 0.2) is 5.65 Å². The van der Waals surface area contributed by atoms with E-state index < -0.39 is 0 Å². The molecule has 10 heteroatoms. The quantitative estimate of drug-likeness (QED) is 0.725. The lowest BCUT2D eigenvalue weighted by molar-refractivity contribution is -0.133. The number of carbonyl (C=O) groups is 2. The molecule has 2 N–H and O–H groups in total. The molecule has 0 unspecified atom stereocenters. The molecule has 0 spiro atoms. The maximum absolute atomic E-state index is 12.4. The van der Waals surface area contributed by atoms with Crippen LogP contribution in [-0.2, 0) is 22.7 Å². The van der Waals surface area contributed by atoms with Gasteiger partial charge in [-0.2, -0.15) is 0 Å². The fourth-order valence-electron chi connectivity index (χ4n) is 3.59. The summed E-state index contributed by atoms with van der Waals surface area (Å²) in [6.45, 7) is 9.01. The lowest BCUT2D eigenvalue weighted by atomic mass is 10.2. The van der Waals surface area contributed by atoms with Gasteiger partial charge >= 0.3 is 5.69 Å². The molecule has 1 fully saturated rings. The highest BCUT2D eigenvalue weighted by atomic mass is 35.5. The van der Waals surface area contributed by atoms with Crippen molar-refractivity contribution in [2.75, 3.05) is 25.0 Å². The minimum Gasteiger partial charge on any atom is -0.340 e. The van der Waals surface area contributed by atoms with E-state index in [4.69, 9.17) is 0 Å². The molecular weight excluding hydrogens is 396 g/mol. The molecule has 2 aromatic heterocycles. The normalized spacial score (nSPS) is 16.5. The Bertz CT molecular complexity index is 938. The number of rotatable bonds is 6. The van der Waals surface area contributed by atoms with Crippen LogP contribution in [0.1, 0.15) is 33.6 Å². The summed E-state index contributed by atoms with van der Waals surface area (Å²) in [4.78, 5) is 43.2. The summed E-state index contributed by atoms with van der Waals surface area (Å²) in [5.41, 5.74) is 1.19. The maximum atomic E-state index is 12.4. The molecule has 0 aliphatic carbocycles. The number of halogens is 1. The van der Waals surface area contributed by atoms with Gasteiger partial charge in [-0.1, -0.05) is 0 Å². The number of hydrogen-bond donors (Lipinski definition) is 2. The number of nitrogens with one attached hydrogen (secondary N) is 2. The topological polar surface area (TPSA) is 101 Å². The molecule has 0 bridgehead atoms. The molecule has 0 aromatic carbocycles. The largest absolute Gasteiger partial charge is 0.340 e. The van der Waals surface area contributed by atoms with Crippen molar-refractivity contribution in [1.82, 2.24) is 24.3 Å². The molecule has 160 valence electrons. The third-order valence-corrected chi connectivity index (χ3v) is 5.05. The van der Waals surface area contributed by atoms with Crippen LogP contribution in [0.25, 0.3) is 11.2 Å². The Morgan fingerprint density at radius 2 is 1.93 bits per heavy atom. The Kier molecular flexibility index (Phi) is 7.80. The molecule has 1 aliphatic heterocycles. The van der Waals surface area contributed by atoms with Gasteiger partial charge < -0.3 is 15.5 Å². The predicted octanol–water partition coefficient (Wildman–Crippen LogP) is 1.20. The van der Waals surface area contributed by atoms with E-state index in [1.807, 2.05) is 20.8 Å². The smallest absolute Gasteiger partial charge is 0.330 e. The monoisotopic (exact) mass is 424 g/mol. The molecule has 1 saturated heterocycles. The van der Waals surface area contributed by atoms with Crippen molar-refractivity contribution < 1.29 is 9.59 Å². The first-order chi connectivity index (χ1) is 13.4. The average Bonchev–Trinajstić information content (AvgIpc) is 2.95. The van der Waals surface area contributed by atoms with Crippen molar-refractivity contribution in [2.24, 2.45) is 0 Å². The van der Waals surface area contributed by atoms with E-state index >= 15 is 0 Å². The lowest BCUT2D eigenvalue weighted by Crippen LogP contribution is -2.51. The van der Waals surface area contributed by atoms with E-state index in [-0.39, 0.29) is 48.8 Å². The summed E-state index contributed by atoms with van der Waals surface area (Å²) in [5.74, 6) is 0.117. The lowest BCUT2D eigenvalue weighted by Gasteiger charge is -2.31. The van der Waals surface area contributed by atoms with Crippen LogP contribution in [0.3, 0.4) is 0 Å². The van der Waals surface area contributed by atoms with Crippen LogP contribution in [0, 0.1) is 0 Å². The Hall–Kier alpha value is -2.39. The van der Waals surface area contributed by atoms with Gasteiger partial charge in [-0.3, -0.25) is 18.7 Å². The number of pyridine rings is 1. The van der Waals surface area contributed by atoms with Crippen molar-refractivity contribution in [3.63, 3.8) is 0 Å². The first-order valence-corrected chi connectivity index (χ1v) is 9.85. The number of nitrogens with zero attached hydrogens (tertiary/aromatic N) is 4. The van der Waals surface area contributed by atoms with Gasteiger partial charge in [0, 0.05) is 51.6 Å². The van der Waals surface area contributed by atoms with Crippen LogP contribution in [0.4, 0.5) is 5.82 Å². The van der Waals surface area contributed by atoms with E-state index in [0.29, 0.717) is 37.6 Å². The van der Waals surface area contributed by atoms with E-state index in [2.05, 4.69) is 15.6 Å². The van der Waals surface area contributed by atoms with Crippen molar-refractivity contribution in [2.45, 2.75) is 52.7 Å². The van der Waals surface area contributed by atoms with Gasteiger partial charge in [0.25, 0.3) is 0 Å². The van der Waals surface area contributed by atoms with Crippen LogP contribution >= 0.6 is 12.4 Å². The molecular formula is C19H29ClN6O3. The number of aryl methyl sites for hydroxylation is 2. The minimum absolute atomic E-state index is 0. The molecule has 1 atom stereocenters. The summed E-state index contributed by atoms with van der Waals surface area (Å²) in [5, 5.41) is 6.03. The van der Waals surface area contributed by atoms with E-state index in [1.54, 1.807) is 26.2 Å². The van der Waals surface area contributed by atoms with Crippen LogP contribution in [-0.4, -0.2) is 56.5 Å². The average molecular weight is 425 g/mol. The number of imidazole rings is 1. The SMILES string of the molecule is CCn1c(=O)n(CC)c2nc(NC(=O)CCC(=O)N3CCN[C@H](C)C3)ccc21.Cl. The Labute approximate surface area is 175 Å². The highest BCUT2D eigenvalue weighted by molar-refractivity contribution is 5.93. The van der Waals surface area contributed by atoms with Gasteiger partial charge in [0.1, 0.15) is 5.82 Å². The predicted molar refractivity (Wildman–Crippen MR) is 114 cm³/mol. The summed E-state index contributed by atoms with van der Waals surface area (Å²) in [7, 11) is 0. The van der Waals surface area contributed by atoms with Crippen molar-refractivity contribution in [3.05, 3.63) is 22.6 Å². The number of carbonyl (C=O) groups excluding carboxylic acids is 2. The van der Waals surface area contributed by atoms with Gasteiger partial charge in [0.05, 0.1) is 5.52 Å². The van der Waals surface area contributed by atoms with E-state index in [1.165, 1.54) is 0 Å². The Morgan fingerprint density at radius 3 is 2.59 bits per heavy atom. The molecule has 0 saturated carbocycles. The minimum atomic E-state index is -0.260. The summed E-state index contributed by atoms with van der Waals surface area (Å²) in [6.07, 6.45) is 0.278. The molecule has 9 nitrogen and oxygen atoms in total. The number of hydrogen-bond acceptors (Lipinski definition) is 5. The fraction of sp³-hybridized carbons (Fsp3) is 0.579. The van der Waals surface area contributed by atoms with Crippen molar-refractivity contribution >= 4 is 41.2 Å². The standard InChI is InChI=1S/C19H28N6O3.ClH/c1-4-24-14-6-7-15(22-18(14)25(5-2)19(24)28)21-16(26)8-9-17(27)23-11-10-20-13(3)12-23;/h6-7,13,20H,4-5,8-12H2,1-3H3,(H,21,22,26);1H/t13-;/m1./s1. The summed E-state index contributed by atoms with van der Waals surface area (Å²) in [6, 6.07) is 3.75. The van der Waals surface area contributed by atoms with E-state index in [0.717, 1.165) is 12.1 Å². The third-order valence-electron chi connectivity index (χ3n) is 5.05. The first-order valence-electron chi connectivity index (χ1n) is 9.85. The van der Waals surface area contributed by atoms with Crippen LogP contribution < -0.4 is 16.3 Å². The van der Waals surface area contributed by atoms with Crippen LogP contribution in [0.2, 0.25) is 0 Å². The van der Waals surface area contributed by atoms with Crippen LogP contribution in [0.5, 0.6) is 0 Å². The molecule has 3 heterocycles. The first kappa shape index (κ1) is 22.9. The second-order valence-electron chi connectivity index (χ2n) is 7.05. The van der Waals surface area contributed by atoms with Crippen molar-refractivity contribution in [1.29, 1.82) is 0 Å². The molecule has 0 radical (unpaired) electrons. The zero-order chi connectivity index (χ0) is 20.3. The summed E-state index contributed by atoms with van der Waals surface area (Å²) < 4.78 is 3.24. The van der Waals surface area contributed by atoms with Gasteiger partial charge in [0.2, 0.25) is 11.8 Å². The van der Waals surface area contributed by atoms with Gasteiger partial charge in [-0.25, -0.2) is 9.78 Å². The third kappa shape index (κ3) is 4.97. The van der Waals surface area contributed by atoms with Gasteiger partial charge in [-0.05, 0) is 32.9 Å². The number of fused-ring (bicyclic) bond motifs is 1. The highest BCUT2D eigenvalue weighted by Gasteiger charge is 2.21. The highest BCUT2D eigenvalue weighted by Crippen LogP contribution is 2.15. The number of aromatic nitrogens is 3. The zero-order valence-electron chi connectivity index (χ0n) is 17.1. The Morgan fingerprint density at radius 1 is 1.21 bits per heavy atom. The molecule has 1 aliphatic rings. The molecule has 3 rings (SSSR count). The number of amides is 2. The second-order valence-corrected chi connectivity index (χ2v) is 7.05. The van der Waals surface area contributed by atoms with Crippen LogP contribution in [0.15, 0.2) is 16.9 Å². The zero-order valence-corrected chi connectivity index (χ0v) is 17.9. The number of anilines is 1. The molecule has 2 amide bonds. The summed E-state index contributed by atoms with van der Waals surface area (Å²) >= 11 is 0. The molecule has 29 heavy (non-hydrogen) atoms. The number of piperazine rings is 1.